The maximum absolute atomic E-state index is 13.5. The van der Waals surface area contributed by atoms with E-state index in [-0.39, 0.29) is 11.4 Å². The molecule has 0 amide bonds. The zero-order chi connectivity index (χ0) is 14.2. The average molecular weight is 284 g/mol. The highest BCUT2D eigenvalue weighted by molar-refractivity contribution is 6.00. The monoisotopic (exact) mass is 284 g/mol. The van der Waals surface area contributed by atoms with Gasteiger partial charge in [0.15, 0.2) is 0 Å². The molecule has 21 heavy (non-hydrogen) atoms. The van der Waals surface area contributed by atoms with E-state index in [1.807, 2.05) is 6.07 Å². The highest BCUT2D eigenvalue weighted by Crippen LogP contribution is 2.58. The Balaban J connectivity index is 1.53. The Morgan fingerprint density at radius 3 is 2.29 bits per heavy atom. The van der Waals surface area contributed by atoms with Gasteiger partial charge < -0.3 is 4.90 Å². The lowest BCUT2D eigenvalue weighted by Gasteiger charge is -2.60. The molecule has 6 rings (SSSR count). The lowest BCUT2D eigenvalue weighted by molar-refractivity contribution is -0.0631. The molecule has 1 aromatic carbocycles. The molecule has 3 heteroatoms. The summed E-state index contributed by atoms with van der Waals surface area (Å²) in [5.74, 6) is 3.00. The summed E-state index contributed by atoms with van der Waals surface area (Å²) in [6.45, 7) is 0.820. The fraction of sp³-hybridized carbons (Fsp3) is 0.611. The van der Waals surface area contributed by atoms with Crippen LogP contribution in [0.1, 0.15) is 49.7 Å². The molecule has 4 fully saturated rings. The molecule has 0 aromatic heterocycles. The summed E-state index contributed by atoms with van der Waals surface area (Å²) in [6, 6.07) is 4.97. The van der Waals surface area contributed by atoms with E-state index in [4.69, 9.17) is 5.41 Å². The van der Waals surface area contributed by atoms with Gasteiger partial charge in [-0.1, -0.05) is 6.07 Å². The number of benzene rings is 1. The fourth-order valence-corrected chi connectivity index (χ4v) is 6.10. The quantitative estimate of drug-likeness (QED) is 0.831. The number of hydrogen-bond acceptors (Lipinski definition) is 1. The molecule has 1 aliphatic heterocycles. The van der Waals surface area contributed by atoms with E-state index in [9.17, 15) is 4.39 Å². The zero-order valence-electron chi connectivity index (χ0n) is 12.2. The Bertz CT molecular complexity index is 601. The molecular weight excluding hydrogens is 263 g/mol. The maximum Gasteiger partial charge on any atom is 0.129 e. The summed E-state index contributed by atoms with van der Waals surface area (Å²) in [7, 11) is 0. The van der Waals surface area contributed by atoms with Crippen LogP contribution in [0.15, 0.2) is 18.2 Å². The van der Waals surface area contributed by atoms with E-state index < -0.39 is 0 Å². The third-order valence-corrected chi connectivity index (χ3v) is 6.50. The largest absolute Gasteiger partial charge is 0.347 e. The Kier molecular flexibility index (Phi) is 2.25. The Hall–Kier alpha value is -1.38. The summed E-state index contributed by atoms with van der Waals surface area (Å²) < 4.78 is 13.5. The smallest absolute Gasteiger partial charge is 0.129 e. The number of hydrogen-bond donors (Lipinski definition) is 1. The Morgan fingerprint density at radius 1 is 1.05 bits per heavy atom. The van der Waals surface area contributed by atoms with Crippen molar-refractivity contribution < 1.29 is 4.39 Å². The molecule has 0 radical (unpaired) electrons. The predicted octanol–water partition coefficient (Wildman–Crippen LogP) is 3.94. The van der Waals surface area contributed by atoms with Crippen molar-refractivity contribution in [2.45, 2.75) is 50.6 Å². The first-order valence-electron chi connectivity index (χ1n) is 8.28. The van der Waals surface area contributed by atoms with Gasteiger partial charge in [-0.2, -0.15) is 0 Å². The van der Waals surface area contributed by atoms with Gasteiger partial charge in [0.1, 0.15) is 11.7 Å². The lowest BCUT2D eigenvalue weighted by Crippen LogP contribution is -2.59. The molecule has 4 aliphatic carbocycles. The SMILES string of the molecule is N=C1c2cc(F)ccc2CN1C12CC3CC(CC(C3)C1)C2. The van der Waals surface area contributed by atoms with E-state index in [1.54, 1.807) is 6.07 Å². The van der Waals surface area contributed by atoms with Gasteiger partial charge >= 0.3 is 0 Å². The van der Waals surface area contributed by atoms with Crippen molar-refractivity contribution >= 4 is 5.84 Å². The van der Waals surface area contributed by atoms with E-state index in [2.05, 4.69) is 4.90 Å². The van der Waals surface area contributed by atoms with E-state index in [0.29, 0.717) is 5.84 Å². The van der Waals surface area contributed by atoms with E-state index in [0.717, 1.165) is 35.4 Å². The molecule has 1 aromatic rings. The molecule has 2 nitrogen and oxygen atoms in total. The minimum Gasteiger partial charge on any atom is -0.347 e. The zero-order valence-corrected chi connectivity index (χ0v) is 12.2. The fourth-order valence-electron chi connectivity index (χ4n) is 6.10. The first-order chi connectivity index (χ1) is 10.1. The van der Waals surface area contributed by atoms with Crippen LogP contribution < -0.4 is 0 Å². The maximum atomic E-state index is 13.5. The second kappa shape index (κ2) is 3.88. The average Bonchev–Trinajstić information content (AvgIpc) is 2.75. The van der Waals surface area contributed by atoms with Crippen LogP contribution in [0.25, 0.3) is 0 Å². The van der Waals surface area contributed by atoms with Crippen LogP contribution in [0.2, 0.25) is 0 Å². The van der Waals surface area contributed by atoms with Gasteiger partial charge in [0, 0.05) is 17.6 Å². The molecule has 0 atom stereocenters. The van der Waals surface area contributed by atoms with Crippen LogP contribution in [-0.4, -0.2) is 16.3 Å². The van der Waals surface area contributed by atoms with Crippen molar-refractivity contribution in [2.75, 3.05) is 0 Å². The molecule has 0 spiro atoms. The summed E-state index contributed by atoms with van der Waals surface area (Å²) in [5.41, 5.74) is 2.17. The van der Waals surface area contributed by atoms with Crippen LogP contribution in [0.4, 0.5) is 4.39 Å². The second-order valence-electron chi connectivity index (χ2n) is 7.88. The minimum atomic E-state index is -0.217. The van der Waals surface area contributed by atoms with Crippen molar-refractivity contribution in [2.24, 2.45) is 17.8 Å². The molecule has 1 N–H and O–H groups in total. The van der Waals surface area contributed by atoms with Crippen LogP contribution in [0, 0.1) is 29.0 Å². The number of nitrogens with one attached hydrogen (secondary N) is 1. The lowest BCUT2D eigenvalue weighted by atomic mass is 9.52. The highest BCUT2D eigenvalue weighted by Gasteiger charge is 2.55. The highest BCUT2D eigenvalue weighted by atomic mass is 19.1. The van der Waals surface area contributed by atoms with Crippen molar-refractivity contribution in [1.82, 2.24) is 4.90 Å². The van der Waals surface area contributed by atoms with E-state index >= 15 is 0 Å². The van der Waals surface area contributed by atoms with Gasteiger partial charge in [0.2, 0.25) is 0 Å². The third-order valence-electron chi connectivity index (χ3n) is 6.50. The molecule has 110 valence electrons. The first-order valence-corrected chi connectivity index (χ1v) is 8.28. The van der Waals surface area contributed by atoms with E-state index in [1.165, 1.54) is 44.6 Å². The van der Waals surface area contributed by atoms with Crippen molar-refractivity contribution in [3.63, 3.8) is 0 Å². The van der Waals surface area contributed by atoms with Crippen molar-refractivity contribution in [3.8, 4) is 0 Å². The normalized spacial score (nSPS) is 40.0. The minimum absolute atomic E-state index is 0.210. The van der Waals surface area contributed by atoms with Crippen LogP contribution in [0.3, 0.4) is 0 Å². The van der Waals surface area contributed by atoms with Gasteiger partial charge in [-0.25, -0.2) is 4.39 Å². The van der Waals surface area contributed by atoms with Crippen molar-refractivity contribution in [3.05, 3.63) is 35.1 Å². The van der Waals surface area contributed by atoms with Gasteiger partial charge in [-0.15, -0.1) is 0 Å². The van der Waals surface area contributed by atoms with Gasteiger partial charge in [0.05, 0.1) is 0 Å². The Labute approximate surface area is 124 Å². The summed E-state index contributed by atoms with van der Waals surface area (Å²) >= 11 is 0. The predicted molar refractivity (Wildman–Crippen MR) is 79.7 cm³/mol. The number of halogens is 1. The summed E-state index contributed by atoms with van der Waals surface area (Å²) in [5, 5.41) is 8.58. The molecule has 4 bridgehead atoms. The van der Waals surface area contributed by atoms with Crippen LogP contribution >= 0.6 is 0 Å². The number of fused-ring (bicyclic) bond motifs is 1. The molecule has 1 heterocycles. The second-order valence-corrected chi connectivity index (χ2v) is 7.88. The standard InChI is InChI=1S/C18H21FN2/c19-15-2-1-14-10-21(17(20)16(14)6-15)18-7-11-3-12(8-18)5-13(4-11)9-18/h1-2,6,11-13,20H,3-5,7-10H2. The number of rotatable bonds is 1. The van der Waals surface area contributed by atoms with Gasteiger partial charge in [-0.3, -0.25) is 5.41 Å². The Morgan fingerprint density at radius 2 is 1.67 bits per heavy atom. The molecular formula is C18H21FN2. The summed E-state index contributed by atoms with van der Waals surface area (Å²) in [6.07, 6.45) is 8.04. The molecule has 0 unspecified atom stereocenters. The van der Waals surface area contributed by atoms with Crippen LogP contribution in [-0.2, 0) is 6.54 Å². The molecule has 5 aliphatic rings. The molecule has 4 saturated carbocycles. The van der Waals surface area contributed by atoms with Gasteiger partial charge in [0.25, 0.3) is 0 Å². The summed E-state index contributed by atoms with van der Waals surface area (Å²) in [4.78, 5) is 2.33. The first kappa shape index (κ1) is 12.2. The molecule has 0 saturated heterocycles. The number of nitrogens with zero attached hydrogens (tertiary/aromatic N) is 1. The van der Waals surface area contributed by atoms with Crippen molar-refractivity contribution in [1.29, 1.82) is 5.41 Å². The third kappa shape index (κ3) is 1.60. The topological polar surface area (TPSA) is 27.1 Å². The van der Waals surface area contributed by atoms with Gasteiger partial charge in [-0.05, 0) is 74.0 Å². The van der Waals surface area contributed by atoms with Crippen LogP contribution in [0.5, 0.6) is 0 Å². The number of amidine groups is 1.